The van der Waals surface area contributed by atoms with Gasteiger partial charge in [0.15, 0.2) is 17.3 Å². The number of phenols is 3. The zero-order valence-electron chi connectivity index (χ0n) is 19.6. The third-order valence-corrected chi connectivity index (χ3v) is 6.58. The fourth-order valence-electron chi connectivity index (χ4n) is 4.55. The van der Waals surface area contributed by atoms with Gasteiger partial charge in [0.1, 0.15) is 39.7 Å². The van der Waals surface area contributed by atoms with Gasteiger partial charge in [-0.2, -0.15) is 0 Å². The van der Waals surface area contributed by atoms with Crippen molar-refractivity contribution >= 4 is 17.3 Å². The van der Waals surface area contributed by atoms with Crippen LogP contribution >= 0.6 is 0 Å². The van der Waals surface area contributed by atoms with Crippen LogP contribution in [0.3, 0.4) is 0 Å². The van der Waals surface area contributed by atoms with E-state index in [1.54, 1.807) is 12.1 Å². The number of rotatable bonds is 5. The Labute approximate surface area is 201 Å². The van der Waals surface area contributed by atoms with E-state index in [0.29, 0.717) is 5.56 Å². The minimum atomic E-state index is -1.61. The molecule has 0 saturated carbocycles. The highest BCUT2D eigenvalue weighted by Gasteiger charge is 2.56. The maximum atomic E-state index is 13.7. The van der Waals surface area contributed by atoms with Gasteiger partial charge in [0.25, 0.3) is 0 Å². The molecule has 0 saturated heterocycles. The van der Waals surface area contributed by atoms with Crippen molar-refractivity contribution in [1.29, 1.82) is 0 Å². The van der Waals surface area contributed by atoms with Crippen LogP contribution in [0.25, 0.3) is 0 Å². The molecular weight excluding hydrogens is 454 g/mol. The number of Topliss-reactive ketones (excluding diaryl/α,β-unsaturated/α-hetero) is 2. The number of hydrogen-bond donors (Lipinski definition) is 5. The molecule has 9 nitrogen and oxygen atoms in total. The molecule has 4 rings (SSSR count). The maximum absolute atomic E-state index is 13.7. The highest BCUT2D eigenvalue weighted by atomic mass is 16.5. The monoisotopic (exact) mass is 479 g/mol. The molecule has 1 aliphatic carbocycles. The summed E-state index contributed by atoms with van der Waals surface area (Å²) < 4.78 is 5.73. The molecular formula is C26H25NO8. The summed E-state index contributed by atoms with van der Waals surface area (Å²) in [7, 11) is 0. The van der Waals surface area contributed by atoms with E-state index in [1.807, 2.05) is 0 Å². The number of phenolic OH excluding ortho intramolecular Hbond substituents is 3. The number of fused-ring (bicyclic) bond motifs is 3. The molecule has 1 aliphatic heterocycles. The molecule has 0 amide bonds. The lowest BCUT2D eigenvalue weighted by Gasteiger charge is -2.29. The second-order valence-corrected chi connectivity index (χ2v) is 8.88. The number of carbonyl (C=O) groups excluding carboxylic acids is 3. The van der Waals surface area contributed by atoms with E-state index in [9.17, 15) is 34.8 Å². The number of nitrogens with one attached hydrogen (secondary N) is 1. The van der Waals surface area contributed by atoms with E-state index in [2.05, 4.69) is 5.32 Å². The Morgan fingerprint density at radius 1 is 1.14 bits per heavy atom. The van der Waals surface area contributed by atoms with Crippen LogP contribution in [-0.4, -0.2) is 44.3 Å². The Hall–Kier alpha value is -4.11. The Kier molecular flexibility index (Phi) is 5.68. The fourth-order valence-corrected chi connectivity index (χ4v) is 4.55. The van der Waals surface area contributed by atoms with Crippen molar-refractivity contribution in [3.63, 3.8) is 0 Å². The van der Waals surface area contributed by atoms with Crippen LogP contribution < -0.4 is 10.1 Å². The number of aliphatic hydroxyl groups excluding tert-OH is 1. The number of ether oxygens (including phenoxy) is 1. The minimum Gasteiger partial charge on any atom is -0.508 e. The largest absolute Gasteiger partial charge is 0.508 e. The van der Waals surface area contributed by atoms with Crippen molar-refractivity contribution < 1.29 is 39.5 Å². The quantitative estimate of drug-likeness (QED) is 0.247. The van der Waals surface area contributed by atoms with E-state index >= 15 is 0 Å². The molecule has 2 aromatic rings. The summed E-state index contributed by atoms with van der Waals surface area (Å²) in [5, 5.41) is 44.2. The zero-order chi connectivity index (χ0) is 25.8. The van der Waals surface area contributed by atoms with Gasteiger partial charge in [0, 0.05) is 23.9 Å². The van der Waals surface area contributed by atoms with Gasteiger partial charge in [-0.15, -0.1) is 0 Å². The summed E-state index contributed by atoms with van der Waals surface area (Å²) in [5.41, 5.74) is -1.32. The highest BCUT2D eigenvalue weighted by Crippen LogP contribution is 2.57. The number of allylic oxidation sites excluding steroid dienone is 4. The second kappa shape index (κ2) is 8.28. The molecule has 2 atom stereocenters. The van der Waals surface area contributed by atoms with Crippen LogP contribution in [0.4, 0.5) is 0 Å². The van der Waals surface area contributed by atoms with Gasteiger partial charge < -0.3 is 30.5 Å². The van der Waals surface area contributed by atoms with Crippen molar-refractivity contribution in [2.45, 2.75) is 39.2 Å². The van der Waals surface area contributed by atoms with Gasteiger partial charge in [-0.3, -0.25) is 14.4 Å². The van der Waals surface area contributed by atoms with Crippen LogP contribution in [0.5, 0.6) is 23.0 Å². The van der Waals surface area contributed by atoms with Crippen LogP contribution in [0.15, 0.2) is 47.4 Å². The summed E-state index contributed by atoms with van der Waals surface area (Å²) in [6.45, 7) is 5.58. The highest BCUT2D eigenvalue weighted by molar-refractivity contribution is 6.31. The fraction of sp³-hybridized carbons (Fsp3) is 0.269. The van der Waals surface area contributed by atoms with Crippen molar-refractivity contribution in [3.05, 3.63) is 69.6 Å². The predicted octanol–water partition coefficient (Wildman–Crippen LogP) is 2.60. The molecule has 182 valence electrons. The number of carbonyl (C=O) groups is 3. The third-order valence-electron chi connectivity index (χ3n) is 6.58. The molecule has 2 unspecified atom stereocenters. The van der Waals surface area contributed by atoms with Gasteiger partial charge in [0.05, 0.1) is 17.2 Å². The van der Waals surface area contributed by atoms with Crippen LogP contribution in [0.1, 0.15) is 53.9 Å². The van der Waals surface area contributed by atoms with E-state index < -0.39 is 40.4 Å². The molecule has 0 radical (unpaired) electrons. The van der Waals surface area contributed by atoms with Crippen LogP contribution in [-0.2, 0) is 15.0 Å². The first-order chi connectivity index (χ1) is 16.4. The smallest absolute Gasteiger partial charge is 0.194 e. The molecule has 35 heavy (non-hydrogen) atoms. The first-order valence-electron chi connectivity index (χ1n) is 10.9. The van der Waals surface area contributed by atoms with Gasteiger partial charge in [-0.1, -0.05) is 12.1 Å². The number of aromatic hydroxyl groups is 3. The molecule has 0 aromatic heterocycles. The number of benzene rings is 2. The summed E-state index contributed by atoms with van der Waals surface area (Å²) in [5.74, 6) is -2.91. The van der Waals surface area contributed by atoms with Crippen molar-refractivity contribution in [2.24, 2.45) is 0 Å². The lowest BCUT2D eigenvalue weighted by Crippen LogP contribution is -2.41. The second-order valence-electron chi connectivity index (χ2n) is 8.88. The SMILES string of the molecule is CC(=O)c1c(O)c(C)c(O)c2c1OC1=CC(=O)C(=C(C)NCC(O)c3cccc(O)c3)C(=O)C12C. The Morgan fingerprint density at radius 2 is 1.83 bits per heavy atom. The Balaban J connectivity index is 1.76. The normalized spacial score (nSPS) is 21.0. The Morgan fingerprint density at radius 3 is 2.46 bits per heavy atom. The van der Waals surface area contributed by atoms with Gasteiger partial charge >= 0.3 is 0 Å². The Bertz CT molecular complexity index is 1370. The van der Waals surface area contributed by atoms with Crippen molar-refractivity contribution in [2.75, 3.05) is 6.54 Å². The number of aliphatic hydroxyl groups is 1. The molecule has 1 heterocycles. The first-order valence-corrected chi connectivity index (χ1v) is 10.9. The summed E-state index contributed by atoms with van der Waals surface area (Å²) in [6, 6.07) is 6.08. The standard InChI is InChI=1S/C26H25NO8/c1-11-22(32)20(13(3)28)24-21(23(11)33)26(4)18(35-24)9-16(30)19(25(26)34)12(2)27-10-17(31)14-6-5-7-15(29)8-14/h5-9,17,27,29,31-33H,10H2,1-4H3. The maximum Gasteiger partial charge on any atom is 0.194 e. The van der Waals surface area contributed by atoms with Gasteiger partial charge in [0.2, 0.25) is 0 Å². The van der Waals surface area contributed by atoms with Gasteiger partial charge in [-0.25, -0.2) is 0 Å². The van der Waals surface area contributed by atoms with E-state index in [4.69, 9.17) is 4.74 Å². The van der Waals surface area contributed by atoms with Crippen LogP contribution in [0, 0.1) is 6.92 Å². The van der Waals surface area contributed by atoms with E-state index in [-0.39, 0.29) is 51.8 Å². The van der Waals surface area contributed by atoms with Gasteiger partial charge in [-0.05, 0) is 45.4 Å². The average Bonchev–Trinajstić information content (AvgIpc) is 3.08. The minimum absolute atomic E-state index is 0.00634. The predicted molar refractivity (Wildman–Crippen MR) is 124 cm³/mol. The van der Waals surface area contributed by atoms with E-state index in [0.717, 1.165) is 6.08 Å². The van der Waals surface area contributed by atoms with Crippen molar-refractivity contribution in [1.82, 2.24) is 5.32 Å². The summed E-state index contributed by atoms with van der Waals surface area (Å²) in [4.78, 5) is 38.9. The number of hydrogen-bond acceptors (Lipinski definition) is 9. The zero-order valence-corrected chi connectivity index (χ0v) is 19.6. The number of ketones is 3. The average molecular weight is 479 g/mol. The molecule has 5 N–H and O–H groups in total. The van der Waals surface area contributed by atoms with Crippen molar-refractivity contribution in [3.8, 4) is 23.0 Å². The molecule has 0 fully saturated rings. The molecule has 2 aromatic carbocycles. The molecule has 2 aliphatic rings. The first kappa shape index (κ1) is 24.0. The lowest BCUT2D eigenvalue weighted by atomic mass is 9.70. The topological polar surface area (TPSA) is 153 Å². The van der Waals surface area contributed by atoms with Crippen LogP contribution in [0.2, 0.25) is 0 Å². The van der Waals surface area contributed by atoms with E-state index in [1.165, 1.54) is 39.8 Å². The summed E-state index contributed by atoms with van der Waals surface area (Å²) in [6.07, 6.45) is 0.0972. The summed E-state index contributed by atoms with van der Waals surface area (Å²) >= 11 is 0. The molecule has 0 spiro atoms. The molecule has 9 heteroatoms. The lowest BCUT2D eigenvalue weighted by molar-refractivity contribution is -0.123. The third kappa shape index (κ3) is 3.55. The molecule has 0 bridgehead atoms.